The maximum Gasteiger partial charge on any atom is 0.114 e. The summed E-state index contributed by atoms with van der Waals surface area (Å²) in [6.45, 7) is 2.20. The van der Waals surface area contributed by atoms with Crippen LogP contribution in [0.2, 0.25) is 0 Å². The Kier molecular flexibility index (Phi) is 7.98. The third kappa shape index (κ3) is 4.92. The summed E-state index contributed by atoms with van der Waals surface area (Å²) in [4.78, 5) is 0.931. The Bertz CT molecular complexity index is 325. The number of aliphatic hydroxyl groups excluding tert-OH is 2. The van der Waals surface area contributed by atoms with Crippen molar-refractivity contribution in [2.45, 2.75) is 57.7 Å². The molecule has 4 heteroatoms. The van der Waals surface area contributed by atoms with Crippen LogP contribution < -0.4 is 0 Å². The molecule has 1 rings (SSSR count). The summed E-state index contributed by atoms with van der Waals surface area (Å²) >= 11 is 5.63. The lowest BCUT2D eigenvalue weighted by atomic mass is 10.0. The van der Waals surface area contributed by atoms with Gasteiger partial charge in [-0.3, -0.25) is 0 Å². The highest BCUT2D eigenvalue weighted by Crippen LogP contribution is 2.29. The van der Waals surface area contributed by atoms with Crippen molar-refractivity contribution in [3.8, 4) is 0 Å². The minimum Gasteiger partial charge on any atom is -0.390 e. The standard InChI is InChI=1S/C14H24O2S2/c1-2-3-4-5-6-11-8-10-18-14(11)13(16)12(15)7-9-17/h8,10,12-13,15-17H,2-7,9H2,1H3. The number of aryl methyl sites for hydroxylation is 1. The Morgan fingerprint density at radius 2 is 2.06 bits per heavy atom. The normalized spacial score (nSPS) is 14.7. The van der Waals surface area contributed by atoms with Gasteiger partial charge in [-0.1, -0.05) is 26.2 Å². The maximum atomic E-state index is 10.1. The van der Waals surface area contributed by atoms with Crippen molar-refractivity contribution in [1.82, 2.24) is 0 Å². The van der Waals surface area contributed by atoms with Crippen molar-refractivity contribution in [2.75, 3.05) is 5.75 Å². The van der Waals surface area contributed by atoms with E-state index in [4.69, 9.17) is 0 Å². The summed E-state index contributed by atoms with van der Waals surface area (Å²) in [5.41, 5.74) is 1.20. The quantitative estimate of drug-likeness (QED) is 0.480. The Hall–Kier alpha value is -0.0300. The van der Waals surface area contributed by atoms with Gasteiger partial charge in [0.1, 0.15) is 6.10 Å². The van der Waals surface area contributed by atoms with Crippen LogP contribution in [-0.4, -0.2) is 22.1 Å². The predicted molar refractivity (Wildman–Crippen MR) is 81.6 cm³/mol. The molecular weight excluding hydrogens is 264 g/mol. The maximum absolute atomic E-state index is 10.1. The number of aliphatic hydroxyl groups is 2. The fourth-order valence-electron chi connectivity index (χ4n) is 2.02. The van der Waals surface area contributed by atoms with Crippen LogP contribution in [0.25, 0.3) is 0 Å². The zero-order chi connectivity index (χ0) is 13.4. The van der Waals surface area contributed by atoms with E-state index in [-0.39, 0.29) is 0 Å². The van der Waals surface area contributed by atoms with E-state index < -0.39 is 12.2 Å². The molecular formula is C14H24O2S2. The Labute approximate surface area is 119 Å². The van der Waals surface area contributed by atoms with E-state index in [0.29, 0.717) is 12.2 Å². The molecule has 2 unspecified atom stereocenters. The Balaban J connectivity index is 2.52. The number of rotatable bonds is 9. The highest BCUT2D eigenvalue weighted by Gasteiger charge is 2.21. The molecule has 0 aliphatic carbocycles. The Morgan fingerprint density at radius 3 is 2.72 bits per heavy atom. The van der Waals surface area contributed by atoms with Crippen LogP contribution in [0.1, 0.15) is 55.6 Å². The van der Waals surface area contributed by atoms with Gasteiger partial charge in [0.15, 0.2) is 0 Å². The lowest BCUT2D eigenvalue weighted by Gasteiger charge is -2.17. The molecule has 104 valence electrons. The first-order valence-electron chi connectivity index (χ1n) is 6.74. The summed E-state index contributed by atoms with van der Waals surface area (Å²) < 4.78 is 0. The van der Waals surface area contributed by atoms with Crippen LogP contribution in [0.5, 0.6) is 0 Å². The molecule has 1 heterocycles. The van der Waals surface area contributed by atoms with Crippen molar-refractivity contribution in [2.24, 2.45) is 0 Å². The van der Waals surface area contributed by atoms with Gasteiger partial charge in [-0.2, -0.15) is 12.6 Å². The van der Waals surface area contributed by atoms with Gasteiger partial charge in [-0.25, -0.2) is 0 Å². The highest BCUT2D eigenvalue weighted by atomic mass is 32.1. The molecule has 18 heavy (non-hydrogen) atoms. The van der Waals surface area contributed by atoms with Crippen molar-refractivity contribution in [3.05, 3.63) is 21.9 Å². The molecule has 0 radical (unpaired) electrons. The van der Waals surface area contributed by atoms with E-state index in [2.05, 4.69) is 25.6 Å². The first-order valence-corrected chi connectivity index (χ1v) is 8.25. The second-order valence-corrected chi connectivity index (χ2v) is 6.04. The van der Waals surface area contributed by atoms with E-state index in [1.54, 1.807) is 11.3 Å². The molecule has 2 nitrogen and oxygen atoms in total. The molecule has 0 bridgehead atoms. The molecule has 1 aromatic heterocycles. The van der Waals surface area contributed by atoms with Crippen molar-refractivity contribution in [3.63, 3.8) is 0 Å². The number of hydrogen-bond acceptors (Lipinski definition) is 4. The van der Waals surface area contributed by atoms with E-state index in [1.165, 1.54) is 24.8 Å². The van der Waals surface area contributed by atoms with Gasteiger partial charge in [-0.05, 0) is 42.0 Å². The van der Waals surface area contributed by atoms with Crippen molar-refractivity contribution in [1.29, 1.82) is 0 Å². The largest absolute Gasteiger partial charge is 0.390 e. The number of thiol groups is 1. The molecule has 0 saturated carbocycles. The van der Waals surface area contributed by atoms with Crippen LogP contribution in [0, 0.1) is 0 Å². The van der Waals surface area contributed by atoms with Crippen LogP contribution in [0.4, 0.5) is 0 Å². The zero-order valence-corrected chi connectivity index (χ0v) is 12.7. The summed E-state index contributed by atoms with van der Waals surface area (Å²) in [5, 5.41) is 22.0. The van der Waals surface area contributed by atoms with Crippen LogP contribution >= 0.6 is 24.0 Å². The molecule has 1 aromatic rings. The minimum absolute atomic E-state index is 0.525. The molecule has 0 aliphatic heterocycles. The molecule has 2 atom stereocenters. The average molecular weight is 288 g/mol. The van der Waals surface area contributed by atoms with Gasteiger partial charge in [0.05, 0.1) is 6.10 Å². The lowest BCUT2D eigenvalue weighted by molar-refractivity contribution is 0.0189. The first-order chi connectivity index (χ1) is 8.70. The molecule has 0 amide bonds. The van der Waals surface area contributed by atoms with E-state index in [0.717, 1.165) is 17.7 Å². The predicted octanol–water partition coefficient (Wildman–Crippen LogP) is 3.59. The van der Waals surface area contributed by atoms with Crippen LogP contribution in [0.3, 0.4) is 0 Å². The van der Waals surface area contributed by atoms with E-state index in [1.807, 2.05) is 5.38 Å². The minimum atomic E-state index is -0.752. The second kappa shape index (κ2) is 8.97. The molecule has 0 aromatic carbocycles. The van der Waals surface area contributed by atoms with E-state index in [9.17, 15) is 10.2 Å². The average Bonchev–Trinajstić information content (AvgIpc) is 2.82. The SMILES string of the molecule is CCCCCCc1ccsc1C(O)C(O)CCS. The highest BCUT2D eigenvalue weighted by molar-refractivity contribution is 7.80. The number of unbranched alkanes of at least 4 members (excludes halogenated alkanes) is 3. The molecule has 0 fully saturated rings. The topological polar surface area (TPSA) is 40.5 Å². The molecule has 2 N–H and O–H groups in total. The summed E-state index contributed by atoms with van der Waals surface area (Å²) in [6, 6.07) is 2.07. The van der Waals surface area contributed by atoms with Gasteiger partial charge in [0, 0.05) is 4.88 Å². The van der Waals surface area contributed by atoms with Crippen molar-refractivity contribution >= 4 is 24.0 Å². The second-order valence-electron chi connectivity index (χ2n) is 4.65. The monoisotopic (exact) mass is 288 g/mol. The zero-order valence-electron chi connectivity index (χ0n) is 11.0. The fourth-order valence-corrected chi connectivity index (χ4v) is 3.28. The molecule has 0 aliphatic rings. The fraction of sp³-hybridized carbons (Fsp3) is 0.714. The first kappa shape index (κ1) is 16.0. The third-order valence-electron chi connectivity index (χ3n) is 3.14. The van der Waals surface area contributed by atoms with Crippen LogP contribution in [-0.2, 0) is 6.42 Å². The summed E-state index contributed by atoms with van der Waals surface area (Å²) in [7, 11) is 0. The Morgan fingerprint density at radius 1 is 1.28 bits per heavy atom. The van der Waals surface area contributed by atoms with Crippen molar-refractivity contribution < 1.29 is 10.2 Å². The van der Waals surface area contributed by atoms with Gasteiger partial charge < -0.3 is 10.2 Å². The molecule has 0 spiro atoms. The smallest absolute Gasteiger partial charge is 0.114 e. The molecule has 0 saturated heterocycles. The lowest BCUT2D eigenvalue weighted by Crippen LogP contribution is -2.18. The van der Waals surface area contributed by atoms with Gasteiger partial charge in [0.25, 0.3) is 0 Å². The number of thiophene rings is 1. The summed E-state index contributed by atoms with van der Waals surface area (Å²) in [5.74, 6) is 0.593. The third-order valence-corrected chi connectivity index (χ3v) is 4.43. The van der Waals surface area contributed by atoms with Gasteiger partial charge in [0.2, 0.25) is 0 Å². The number of hydrogen-bond donors (Lipinski definition) is 3. The van der Waals surface area contributed by atoms with Crippen LogP contribution in [0.15, 0.2) is 11.4 Å². The summed E-state index contributed by atoms with van der Waals surface area (Å²) in [6.07, 6.45) is 4.98. The van der Waals surface area contributed by atoms with E-state index >= 15 is 0 Å². The van der Waals surface area contributed by atoms with Gasteiger partial charge in [-0.15, -0.1) is 11.3 Å². The van der Waals surface area contributed by atoms with Gasteiger partial charge >= 0.3 is 0 Å².